The van der Waals surface area contributed by atoms with Crippen molar-refractivity contribution in [3.05, 3.63) is 12.7 Å². The number of hydrogen-bond acceptors (Lipinski definition) is 3. The Morgan fingerprint density at radius 2 is 2.25 bits per heavy atom. The molecule has 0 spiro atoms. The molecule has 116 valence electrons. The highest BCUT2D eigenvalue weighted by Crippen LogP contribution is 2.21. The predicted octanol–water partition coefficient (Wildman–Crippen LogP) is -0.262. The van der Waals surface area contributed by atoms with Gasteiger partial charge in [-0.15, -0.1) is 6.58 Å². The maximum absolute atomic E-state index is 12.3. The van der Waals surface area contributed by atoms with Crippen molar-refractivity contribution in [2.24, 2.45) is 10.7 Å². The van der Waals surface area contributed by atoms with Crippen molar-refractivity contribution in [3.8, 4) is 0 Å². The Morgan fingerprint density at radius 1 is 1.55 bits per heavy atom. The summed E-state index contributed by atoms with van der Waals surface area (Å²) >= 11 is 0. The van der Waals surface area contributed by atoms with Crippen LogP contribution in [0.1, 0.15) is 19.3 Å². The van der Waals surface area contributed by atoms with E-state index >= 15 is 0 Å². The van der Waals surface area contributed by atoms with Crippen LogP contribution in [-0.2, 0) is 10.2 Å². The zero-order chi connectivity index (χ0) is 15.2. The molecule has 3 N–H and O–H groups in total. The molecule has 0 amide bonds. The first kappa shape index (κ1) is 16.9. The van der Waals surface area contributed by atoms with Crippen molar-refractivity contribution >= 4 is 16.2 Å². The van der Waals surface area contributed by atoms with Crippen LogP contribution in [0.2, 0.25) is 0 Å². The number of piperidine rings is 1. The lowest BCUT2D eigenvalue weighted by molar-refractivity contribution is 0.245. The second kappa shape index (κ2) is 7.61. The van der Waals surface area contributed by atoms with E-state index in [0.29, 0.717) is 25.6 Å². The maximum Gasteiger partial charge on any atom is 0.281 e. The molecule has 1 aliphatic rings. The lowest BCUT2D eigenvalue weighted by atomic mass is 10.1. The van der Waals surface area contributed by atoms with Crippen LogP contribution in [-0.4, -0.2) is 62.8 Å². The highest BCUT2D eigenvalue weighted by molar-refractivity contribution is 7.86. The van der Waals surface area contributed by atoms with Crippen LogP contribution in [0.3, 0.4) is 0 Å². The molecular formula is C12H25N5O2S. The van der Waals surface area contributed by atoms with E-state index in [0.717, 1.165) is 19.3 Å². The normalized spacial score (nSPS) is 21.9. The molecule has 1 rings (SSSR count). The number of aliphatic imine (C=N–C) groups is 1. The third-order valence-corrected chi connectivity index (χ3v) is 5.23. The number of guanidine groups is 1. The molecule has 7 nitrogen and oxygen atoms in total. The average molecular weight is 303 g/mol. The van der Waals surface area contributed by atoms with E-state index in [2.05, 4.69) is 16.9 Å². The minimum Gasteiger partial charge on any atom is -0.370 e. The minimum atomic E-state index is -3.39. The van der Waals surface area contributed by atoms with Gasteiger partial charge < -0.3 is 11.1 Å². The number of nitrogens with zero attached hydrogens (tertiary/aromatic N) is 3. The van der Waals surface area contributed by atoms with Crippen molar-refractivity contribution < 1.29 is 8.42 Å². The zero-order valence-corrected chi connectivity index (χ0v) is 13.1. The molecule has 0 aromatic carbocycles. The summed E-state index contributed by atoms with van der Waals surface area (Å²) in [5.41, 5.74) is 5.70. The van der Waals surface area contributed by atoms with Crippen molar-refractivity contribution in [1.29, 1.82) is 0 Å². The van der Waals surface area contributed by atoms with Gasteiger partial charge in [-0.05, 0) is 12.8 Å². The summed E-state index contributed by atoms with van der Waals surface area (Å²) < 4.78 is 27.3. The van der Waals surface area contributed by atoms with Gasteiger partial charge >= 0.3 is 0 Å². The van der Waals surface area contributed by atoms with Gasteiger partial charge in [-0.2, -0.15) is 17.0 Å². The summed E-state index contributed by atoms with van der Waals surface area (Å²) in [5.74, 6) is 0.317. The standard InChI is InChI=1S/C12H25N5O2S/c1-4-8-14-12(13)15-10-11-7-5-6-9-17(11)20(18,19)16(2)3/h4,11H,1,5-10H2,2-3H3,(H3,13,14,15). The second-order valence-corrected chi connectivity index (χ2v) is 7.04. The first-order valence-corrected chi connectivity index (χ1v) is 8.13. The Morgan fingerprint density at radius 3 is 2.85 bits per heavy atom. The minimum absolute atomic E-state index is 0.125. The van der Waals surface area contributed by atoms with E-state index in [-0.39, 0.29) is 6.04 Å². The molecule has 20 heavy (non-hydrogen) atoms. The number of hydrogen-bond donors (Lipinski definition) is 2. The second-order valence-electron chi connectivity index (χ2n) is 4.95. The van der Waals surface area contributed by atoms with Gasteiger partial charge in [0.1, 0.15) is 0 Å². The predicted molar refractivity (Wildman–Crippen MR) is 81.6 cm³/mol. The molecular weight excluding hydrogens is 278 g/mol. The molecule has 8 heteroatoms. The molecule has 1 unspecified atom stereocenters. The van der Waals surface area contributed by atoms with Crippen LogP contribution in [0.5, 0.6) is 0 Å². The molecule has 0 aromatic rings. The first-order valence-electron chi connectivity index (χ1n) is 6.73. The van der Waals surface area contributed by atoms with E-state index in [1.165, 1.54) is 8.61 Å². The topological polar surface area (TPSA) is 91.0 Å². The number of nitrogens with one attached hydrogen (secondary N) is 1. The molecule has 0 radical (unpaired) electrons. The SMILES string of the molecule is C=CCNC(N)=NCC1CCCCN1S(=O)(=O)N(C)C. The molecule has 0 saturated carbocycles. The molecule has 0 aliphatic carbocycles. The monoisotopic (exact) mass is 303 g/mol. The fourth-order valence-electron chi connectivity index (χ4n) is 2.11. The van der Waals surface area contributed by atoms with E-state index < -0.39 is 10.2 Å². The Kier molecular flexibility index (Phi) is 6.44. The van der Waals surface area contributed by atoms with Crippen molar-refractivity contribution in [3.63, 3.8) is 0 Å². The Bertz CT molecular complexity index is 447. The van der Waals surface area contributed by atoms with Crippen LogP contribution in [0.15, 0.2) is 17.6 Å². The number of rotatable bonds is 6. The van der Waals surface area contributed by atoms with E-state index in [1.807, 2.05) is 0 Å². The van der Waals surface area contributed by atoms with Gasteiger partial charge in [0.2, 0.25) is 0 Å². The summed E-state index contributed by atoms with van der Waals surface area (Å²) in [5, 5.41) is 2.88. The highest BCUT2D eigenvalue weighted by Gasteiger charge is 2.33. The Balaban J connectivity index is 2.73. The average Bonchev–Trinajstić information content (AvgIpc) is 2.42. The van der Waals surface area contributed by atoms with Gasteiger partial charge in [0.05, 0.1) is 6.54 Å². The smallest absolute Gasteiger partial charge is 0.281 e. The Hall–Kier alpha value is -1.12. The summed E-state index contributed by atoms with van der Waals surface area (Å²) in [6.07, 6.45) is 4.40. The molecule has 1 atom stereocenters. The molecule has 1 saturated heterocycles. The molecule has 0 bridgehead atoms. The summed E-state index contributed by atoms with van der Waals surface area (Å²) in [4.78, 5) is 4.22. The number of nitrogens with two attached hydrogens (primary N) is 1. The van der Waals surface area contributed by atoms with Gasteiger partial charge in [-0.25, -0.2) is 0 Å². The largest absolute Gasteiger partial charge is 0.370 e. The summed E-state index contributed by atoms with van der Waals surface area (Å²) in [6, 6.07) is -0.125. The fraction of sp³-hybridized carbons (Fsp3) is 0.750. The van der Waals surface area contributed by atoms with Crippen LogP contribution < -0.4 is 11.1 Å². The first-order chi connectivity index (χ1) is 9.39. The maximum atomic E-state index is 12.3. The van der Waals surface area contributed by atoms with E-state index in [9.17, 15) is 8.42 Å². The quantitative estimate of drug-likeness (QED) is 0.402. The zero-order valence-electron chi connectivity index (χ0n) is 12.2. The van der Waals surface area contributed by atoms with Crippen LogP contribution in [0, 0.1) is 0 Å². The van der Waals surface area contributed by atoms with Gasteiger partial charge in [0.25, 0.3) is 10.2 Å². The summed E-state index contributed by atoms with van der Waals surface area (Å²) in [6.45, 7) is 5.04. The van der Waals surface area contributed by atoms with Crippen LogP contribution >= 0.6 is 0 Å². The van der Waals surface area contributed by atoms with Gasteiger partial charge in [0, 0.05) is 33.2 Å². The lowest BCUT2D eigenvalue weighted by Gasteiger charge is -2.35. The van der Waals surface area contributed by atoms with Crippen LogP contribution in [0.4, 0.5) is 0 Å². The van der Waals surface area contributed by atoms with Crippen molar-refractivity contribution in [1.82, 2.24) is 13.9 Å². The van der Waals surface area contributed by atoms with Crippen molar-refractivity contribution in [2.45, 2.75) is 25.3 Å². The van der Waals surface area contributed by atoms with Crippen LogP contribution in [0.25, 0.3) is 0 Å². The lowest BCUT2D eigenvalue weighted by Crippen LogP contribution is -2.50. The van der Waals surface area contributed by atoms with Gasteiger partial charge in [-0.3, -0.25) is 4.99 Å². The van der Waals surface area contributed by atoms with Gasteiger partial charge in [-0.1, -0.05) is 12.5 Å². The third kappa shape index (κ3) is 4.46. The summed E-state index contributed by atoms with van der Waals surface area (Å²) in [7, 11) is -0.302. The van der Waals surface area contributed by atoms with Crippen molar-refractivity contribution in [2.75, 3.05) is 33.7 Å². The Labute approximate surface area is 121 Å². The molecule has 1 aliphatic heterocycles. The third-order valence-electron chi connectivity index (χ3n) is 3.23. The highest BCUT2D eigenvalue weighted by atomic mass is 32.2. The molecule has 0 aromatic heterocycles. The van der Waals surface area contributed by atoms with Gasteiger partial charge in [0.15, 0.2) is 5.96 Å². The molecule has 1 heterocycles. The van der Waals surface area contributed by atoms with E-state index in [4.69, 9.17) is 5.73 Å². The van der Waals surface area contributed by atoms with E-state index in [1.54, 1.807) is 20.2 Å². The molecule has 1 fully saturated rings. The fourth-order valence-corrected chi connectivity index (χ4v) is 3.43.